The number of methoxy groups -OCH3 is 1. The third kappa shape index (κ3) is 3.70. The lowest BCUT2D eigenvalue weighted by atomic mass is 10.0. The Hall–Kier alpha value is -1.07. The third-order valence-electron chi connectivity index (χ3n) is 3.43. The van der Waals surface area contributed by atoms with Crippen LogP contribution in [0.2, 0.25) is 5.15 Å². The largest absolute Gasteiger partial charge is 0.490 e. The molecule has 6 heteroatoms. The van der Waals surface area contributed by atoms with Gasteiger partial charge in [0, 0.05) is 19.1 Å². The molecule has 0 bridgehead atoms. The zero-order valence-electron chi connectivity index (χ0n) is 11.5. The van der Waals surface area contributed by atoms with Gasteiger partial charge in [-0.1, -0.05) is 18.5 Å². The topological polar surface area (TPSA) is 50.3 Å². The molecule has 2 rings (SSSR count). The molecule has 0 saturated carbocycles. The van der Waals surface area contributed by atoms with Gasteiger partial charge in [0.25, 0.3) is 0 Å². The Labute approximate surface area is 119 Å². The summed E-state index contributed by atoms with van der Waals surface area (Å²) in [5.74, 6) is 1.22. The van der Waals surface area contributed by atoms with Gasteiger partial charge in [-0.2, -0.15) is 0 Å². The molecule has 0 amide bonds. The Bertz CT molecular complexity index is 408. The Morgan fingerprint density at radius 3 is 2.79 bits per heavy atom. The monoisotopic (exact) mass is 284 g/mol. The summed E-state index contributed by atoms with van der Waals surface area (Å²) in [7, 11) is 1.58. The van der Waals surface area contributed by atoms with Crippen molar-refractivity contribution < 1.29 is 4.74 Å². The summed E-state index contributed by atoms with van der Waals surface area (Å²) in [6, 6.07) is 0.424. The number of ether oxygens (including phenoxy) is 1. The summed E-state index contributed by atoms with van der Waals surface area (Å²) in [5.41, 5.74) is 0. The van der Waals surface area contributed by atoms with Gasteiger partial charge < -0.3 is 15.0 Å². The van der Waals surface area contributed by atoms with Gasteiger partial charge in [-0.05, 0) is 25.8 Å². The lowest BCUT2D eigenvalue weighted by molar-refractivity contribution is 0.219. The minimum Gasteiger partial charge on any atom is -0.490 e. The van der Waals surface area contributed by atoms with Gasteiger partial charge in [-0.15, -0.1) is 0 Å². The van der Waals surface area contributed by atoms with Gasteiger partial charge in [-0.25, -0.2) is 9.97 Å². The molecular formula is C13H21ClN4O. The first kappa shape index (κ1) is 14.3. The Morgan fingerprint density at radius 2 is 2.16 bits per heavy atom. The van der Waals surface area contributed by atoms with E-state index in [-0.39, 0.29) is 0 Å². The smallest absolute Gasteiger partial charge is 0.198 e. The first-order chi connectivity index (χ1) is 9.24. The molecule has 0 radical (unpaired) electrons. The van der Waals surface area contributed by atoms with Crippen LogP contribution in [0.3, 0.4) is 0 Å². The molecule has 0 spiro atoms. The molecule has 0 aliphatic carbocycles. The minimum absolute atomic E-state index is 0.350. The number of halogens is 1. The standard InChI is InChI=1S/C13H21ClN4O/c1-3-6-18-7-4-10(5-8-18)17-13-11(19-2)12(14)15-9-16-13/h9-10H,3-8H2,1-2H3,(H,15,16,17). The molecule has 0 aromatic carbocycles. The molecule has 0 unspecified atom stereocenters. The van der Waals surface area contributed by atoms with Crippen molar-refractivity contribution in [2.24, 2.45) is 0 Å². The predicted molar refractivity (Wildman–Crippen MR) is 77.0 cm³/mol. The van der Waals surface area contributed by atoms with Crippen LogP contribution < -0.4 is 10.1 Å². The van der Waals surface area contributed by atoms with E-state index in [0.29, 0.717) is 22.8 Å². The van der Waals surface area contributed by atoms with Crippen molar-refractivity contribution in [3.8, 4) is 5.75 Å². The lowest BCUT2D eigenvalue weighted by Gasteiger charge is -2.32. The molecule has 1 aromatic heterocycles. The molecule has 1 N–H and O–H groups in total. The van der Waals surface area contributed by atoms with Crippen LogP contribution >= 0.6 is 11.6 Å². The maximum Gasteiger partial charge on any atom is 0.198 e. The maximum absolute atomic E-state index is 5.99. The molecule has 1 saturated heterocycles. The summed E-state index contributed by atoms with van der Waals surface area (Å²) in [4.78, 5) is 10.6. The molecule has 1 fully saturated rings. The molecule has 0 atom stereocenters. The Balaban J connectivity index is 1.94. The molecular weight excluding hydrogens is 264 g/mol. The van der Waals surface area contributed by atoms with Crippen LogP contribution in [0, 0.1) is 0 Å². The number of nitrogens with zero attached hydrogens (tertiary/aromatic N) is 3. The second-order valence-electron chi connectivity index (χ2n) is 4.81. The fourth-order valence-corrected chi connectivity index (χ4v) is 2.66. The number of hydrogen-bond acceptors (Lipinski definition) is 5. The van der Waals surface area contributed by atoms with Gasteiger partial charge >= 0.3 is 0 Å². The molecule has 19 heavy (non-hydrogen) atoms. The highest BCUT2D eigenvalue weighted by Gasteiger charge is 2.20. The highest BCUT2D eigenvalue weighted by molar-refractivity contribution is 6.31. The SMILES string of the molecule is CCCN1CCC(Nc2ncnc(Cl)c2OC)CC1. The van der Waals surface area contributed by atoms with Crippen molar-refractivity contribution in [1.82, 2.24) is 14.9 Å². The summed E-state index contributed by atoms with van der Waals surface area (Å²) in [5, 5.41) is 3.77. The predicted octanol–water partition coefficient (Wildman–Crippen LogP) is 2.42. The molecule has 2 heterocycles. The van der Waals surface area contributed by atoms with E-state index < -0.39 is 0 Å². The van der Waals surface area contributed by atoms with E-state index in [2.05, 4.69) is 27.1 Å². The van der Waals surface area contributed by atoms with Crippen molar-refractivity contribution >= 4 is 17.4 Å². The number of anilines is 1. The average Bonchev–Trinajstić information content (AvgIpc) is 2.42. The van der Waals surface area contributed by atoms with Gasteiger partial charge in [0.1, 0.15) is 6.33 Å². The van der Waals surface area contributed by atoms with Crippen LogP contribution in [-0.2, 0) is 0 Å². The van der Waals surface area contributed by atoms with Crippen LogP contribution in [0.5, 0.6) is 5.75 Å². The number of nitrogens with one attached hydrogen (secondary N) is 1. The van der Waals surface area contributed by atoms with Gasteiger partial charge in [0.05, 0.1) is 7.11 Å². The van der Waals surface area contributed by atoms with E-state index in [1.54, 1.807) is 7.11 Å². The lowest BCUT2D eigenvalue weighted by Crippen LogP contribution is -2.39. The number of piperidine rings is 1. The summed E-state index contributed by atoms with van der Waals surface area (Å²) >= 11 is 5.99. The summed E-state index contributed by atoms with van der Waals surface area (Å²) < 4.78 is 5.25. The van der Waals surface area contributed by atoms with Crippen molar-refractivity contribution in [3.05, 3.63) is 11.5 Å². The normalized spacial score (nSPS) is 17.4. The first-order valence-corrected chi connectivity index (χ1v) is 7.15. The molecule has 1 aliphatic rings. The molecule has 1 aliphatic heterocycles. The number of hydrogen-bond donors (Lipinski definition) is 1. The van der Waals surface area contributed by atoms with E-state index in [1.165, 1.54) is 19.3 Å². The van der Waals surface area contributed by atoms with Gasteiger partial charge in [0.2, 0.25) is 0 Å². The van der Waals surface area contributed by atoms with E-state index in [4.69, 9.17) is 16.3 Å². The maximum atomic E-state index is 5.99. The first-order valence-electron chi connectivity index (χ1n) is 6.78. The number of likely N-dealkylation sites (tertiary alicyclic amines) is 1. The van der Waals surface area contributed by atoms with E-state index in [0.717, 1.165) is 25.9 Å². The third-order valence-corrected chi connectivity index (χ3v) is 3.70. The van der Waals surface area contributed by atoms with Crippen molar-refractivity contribution in [1.29, 1.82) is 0 Å². The second kappa shape index (κ2) is 6.91. The van der Waals surface area contributed by atoms with Crippen molar-refractivity contribution in [2.75, 3.05) is 32.1 Å². The molecule has 106 valence electrons. The van der Waals surface area contributed by atoms with Crippen LogP contribution in [0.15, 0.2) is 6.33 Å². The average molecular weight is 285 g/mol. The molecule has 5 nitrogen and oxygen atoms in total. The Kier molecular flexibility index (Phi) is 5.22. The van der Waals surface area contributed by atoms with Crippen LogP contribution in [0.25, 0.3) is 0 Å². The van der Waals surface area contributed by atoms with E-state index >= 15 is 0 Å². The van der Waals surface area contributed by atoms with Gasteiger partial charge in [0.15, 0.2) is 16.7 Å². The number of rotatable bonds is 5. The minimum atomic E-state index is 0.350. The zero-order valence-corrected chi connectivity index (χ0v) is 12.3. The summed E-state index contributed by atoms with van der Waals surface area (Å²) in [6.07, 6.45) is 4.91. The highest BCUT2D eigenvalue weighted by Crippen LogP contribution is 2.29. The molecule has 1 aromatic rings. The van der Waals surface area contributed by atoms with Gasteiger partial charge in [-0.3, -0.25) is 0 Å². The Morgan fingerprint density at radius 1 is 1.42 bits per heavy atom. The van der Waals surface area contributed by atoms with Crippen LogP contribution in [-0.4, -0.2) is 47.7 Å². The van der Waals surface area contributed by atoms with Crippen molar-refractivity contribution in [2.45, 2.75) is 32.2 Å². The van der Waals surface area contributed by atoms with E-state index in [1.807, 2.05) is 0 Å². The van der Waals surface area contributed by atoms with Crippen LogP contribution in [0.4, 0.5) is 5.82 Å². The van der Waals surface area contributed by atoms with E-state index in [9.17, 15) is 0 Å². The zero-order chi connectivity index (χ0) is 13.7. The highest BCUT2D eigenvalue weighted by atomic mass is 35.5. The summed E-state index contributed by atoms with van der Waals surface area (Å²) in [6.45, 7) is 5.67. The van der Waals surface area contributed by atoms with Crippen LogP contribution in [0.1, 0.15) is 26.2 Å². The quantitative estimate of drug-likeness (QED) is 0.842. The number of aromatic nitrogens is 2. The van der Waals surface area contributed by atoms with Crippen molar-refractivity contribution in [3.63, 3.8) is 0 Å². The fourth-order valence-electron chi connectivity index (χ4n) is 2.45. The fraction of sp³-hybridized carbons (Fsp3) is 0.692. The second-order valence-corrected chi connectivity index (χ2v) is 5.16.